The smallest absolute Gasteiger partial charge is 0.253 e. The van der Waals surface area contributed by atoms with Crippen molar-refractivity contribution in [3.05, 3.63) is 112 Å². The van der Waals surface area contributed by atoms with Crippen molar-refractivity contribution >= 4 is 5.91 Å². The van der Waals surface area contributed by atoms with Crippen LogP contribution in [0.1, 0.15) is 49.6 Å². The molecule has 33 heavy (non-hydrogen) atoms. The summed E-state index contributed by atoms with van der Waals surface area (Å²) in [6.45, 7) is 8.59. The van der Waals surface area contributed by atoms with Crippen molar-refractivity contribution in [1.29, 1.82) is 0 Å². The summed E-state index contributed by atoms with van der Waals surface area (Å²) in [7, 11) is 0. The molecule has 1 amide bonds. The maximum absolute atomic E-state index is 12.8. The number of amides is 1. The number of nitrogens with zero attached hydrogens (tertiary/aromatic N) is 3. The van der Waals surface area contributed by atoms with E-state index in [1.54, 1.807) is 0 Å². The van der Waals surface area contributed by atoms with Crippen molar-refractivity contribution in [2.24, 2.45) is 5.73 Å². The van der Waals surface area contributed by atoms with Gasteiger partial charge in [-0.15, -0.1) is 0 Å². The third kappa shape index (κ3) is 5.41. The second-order valence-corrected chi connectivity index (χ2v) is 8.61. The Bertz CT molecular complexity index is 1230. The van der Waals surface area contributed by atoms with E-state index in [0.29, 0.717) is 13.1 Å². The average Bonchev–Trinajstić information content (AvgIpc) is 3.36. The van der Waals surface area contributed by atoms with E-state index in [9.17, 15) is 4.79 Å². The van der Waals surface area contributed by atoms with Gasteiger partial charge in [-0.05, 0) is 54.7 Å². The first-order valence-electron chi connectivity index (χ1n) is 11.2. The van der Waals surface area contributed by atoms with Crippen LogP contribution in [0.4, 0.5) is 0 Å². The van der Waals surface area contributed by atoms with Gasteiger partial charge in [0.25, 0.3) is 5.91 Å². The van der Waals surface area contributed by atoms with Gasteiger partial charge in [0.1, 0.15) is 0 Å². The summed E-state index contributed by atoms with van der Waals surface area (Å²) in [6, 6.07) is 18.5. The molecule has 4 aromatic rings. The molecule has 6 heteroatoms. The number of carbonyl (C=O) groups is 1. The zero-order valence-electron chi connectivity index (χ0n) is 19.5. The largest absolute Gasteiger partial charge is 0.348 e. The van der Waals surface area contributed by atoms with Crippen molar-refractivity contribution in [3.63, 3.8) is 0 Å². The van der Waals surface area contributed by atoms with Gasteiger partial charge < -0.3 is 15.6 Å². The van der Waals surface area contributed by atoms with Crippen LogP contribution in [0.25, 0.3) is 0 Å². The minimum Gasteiger partial charge on any atom is -0.348 e. The lowest BCUT2D eigenvalue weighted by atomic mass is 10.1. The molecule has 3 N–H and O–H groups in total. The number of hydrogen-bond donors (Lipinski definition) is 2. The van der Waals surface area contributed by atoms with Crippen LogP contribution in [0, 0.1) is 20.8 Å². The first kappa shape index (κ1) is 22.6. The maximum Gasteiger partial charge on any atom is 0.253 e. The standard InChI is InChI=1S/C27H31N5O/c1-19-14-30-31(16-19)17-24-8-10-25(11-9-24)18-32-20(2)12-26(21(32)3)27(33)29-15-23-6-4-22(13-28)5-7-23/h4-12,14,16H,13,15,17-18,28H2,1-3H3,(H,29,33). The molecule has 0 unspecified atom stereocenters. The highest BCUT2D eigenvalue weighted by molar-refractivity contribution is 5.95. The maximum atomic E-state index is 12.8. The van der Waals surface area contributed by atoms with E-state index >= 15 is 0 Å². The van der Waals surface area contributed by atoms with E-state index in [1.165, 1.54) is 11.1 Å². The van der Waals surface area contributed by atoms with Crippen molar-refractivity contribution in [2.75, 3.05) is 0 Å². The molecule has 0 spiro atoms. The minimum atomic E-state index is -0.0536. The lowest BCUT2D eigenvalue weighted by Gasteiger charge is -2.11. The molecule has 0 saturated carbocycles. The van der Waals surface area contributed by atoms with Crippen molar-refractivity contribution in [2.45, 2.75) is 47.0 Å². The van der Waals surface area contributed by atoms with Gasteiger partial charge in [0, 0.05) is 37.2 Å². The van der Waals surface area contributed by atoms with Gasteiger partial charge in [0.2, 0.25) is 0 Å². The molecule has 2 heterocycles. The first-order valence-corrected chi connectivity index (χ1v) is 11.2. The van der Waals surface area contributed by atoms with Gasteiger partial charge >= 0.3 is 0 Å². The Morgan fingerprint density at radius 3 is 2.12 bits per heavy atom. The Hall–Kier alpha value is -3.64. The number of aromatic nitrogens is 3. The van der Waals surface area contributed by atoms with Crippen LogP contribution in [0.15, 0.2) is 67.0 Å². The molecule has 2 aromatic heterocycles. The molecular weight excluding hydrogens is 410 g/mol. The zero-order chi connectivity index (χ0) is 23.4. The van der Waals surface area contributed by atoms with Crippen LogP contribution in [0.2, 0.25) is 0 Å². The Kier molecular flexibility index (Phi) is 6.75. The van der Waals surface area contributed by atoms with Crippen molar-refractivity contribution < 1.29 is 4.79 Å². The second kappa shape index (κ2) is 9.88. The molecule has 6 nitrogen and oxygen atoms in total. The Labute approximate surface area is 195 Å². The minimum absolute atomic E-state index is 0.0536. The number of hydrogen-bond acceptors (Lipinski definition) is 3. The SMILES string of the molecule is Cc1cnn(Cc2ccc(Cn3c(C)cc(C(=O)NCc4ccc(CN)cc4)c3C)cc2)c1. The van der Waals surface area contributed by atoms with E-state index in [0.717, 1.165) is 46.7 Å². The number of benzene rings is 2. The third-order valence-corrected chi connectivity index (χ3v) is 6.00. The lowest BCUT2D eigenvalue weighted by Crippen LogP contribution is -2.23. The van der Waals surface area contributed by atoms with Crippen LogP contribution in [0.3, 0.4) is 0 Å². The molecule has 0 radical (unpaired) electrons. The average molecular weight is 442 g/mol. The summed E-state index contributed by atoms with van der Waals surface area (Å²) in [5, 5.41) is 7.39. The summed E-state index contributed by atoms with van der Waals surface area (Å²) < 4.78 is 4.14. The van der Waals surface area contributed by atoms with E-state index in [2.05, 4.69) is 39.2 Å². The number of nitrogens with one attached hydrogen (secondary N) is 1. The molecule has 0 aliphatic heterocycles. The van der Waals surface area contributed by atoms with Gasteiger partial charge in [0.15, 0.2) is 0 Å². The monoisotopic (exact) mass is 441 g/mol. The number of carbonyl (C=O) groups excluding carboxylic acids is 1. The highest BCUT2D eigenvalue weighted by Gasteiger charge is 2.16. The molecule has 170 valence electrons. The number of aryl methyl sites for hydroxylation is 2. The third-order valence-electron chi connectivity index (χ3n) is 6.00. The molecular formula is C27H31N5O. The quantitative estimate of drug-likeness (QED) is 0.432. The first-order chi connectivity index (χ1) is 15.9. The summed E-state index contributed by atoms with van der Waals surface area (Å²) in [5.41, 5.74) is 14.1. The molecule has 0 fully saturated rings. The summed E-state index contributed by atoms with van der Waals surface area (Å²) in [5.74, 6) is -0.0536. The van der Waals surface area contributed by atoms with Crippen LogP contribution in [0.5, 0.6) is 0 Å². The summed E-state index contributed by atoms with van der Waals surface area (Å²) >= 11 is 0. The molecule has 4 rings (SSSR count). The molecule has 0 aliphatic rings. The molecule has 0 bridgehead atoms. The highest BCUT2D eigenvalue weighted by atomic mass is 16.1. The van der Waals surface area contributed by atoms with Crippen LogP contribution in [-0.4, -0.2) is 20.3 Å². The lowest BCUT2D eigenvalue weighted by molar-refractivity contribution is 0.0950. The summed E-state index contributed by atoms with van der Waals surface area (Å²) in [6.07, 6.45) is 3.92. The molecule has 0 saturated heterocycles. The van der Waals surface area contributed by atoms with Crippen molar-refractivity contribution in [1.82, 2.24) is 19.7 Å². The van der Waals surface area contributed by atoms with E-state index in [4.69, 9.17) is 5.73 Å². The zero-order valence-corrected chi connectivity index (χ0v) is 19.5. The Balaban J connectivity index is 1.40. The van der Waals surface area contributed by atoms with Gasteiger partial charge in [-0.1, -0.05) is 48.5 Å². The fourth-order valence-electron chi connectivity index (χ4n) is 4.02. The van der Waals surface area contributed by atoms with Gasteiger partial charge in [-0.2, -0.15) is 5.10 Å². The predicted molar refractivity (Wildman–Crippen MR) is 131 cm³/mol. The van der Waals surface area contributed by atoms with Crippen LogP contribution < -0.4 is 11.1 Å². The van der Waals surface area contributed by atoms with E-state index in [-0.39, 0.29) is 5.91 Å². The number of nitrogens with two attached hydrogens (primary N) is 1. The van der Waals surface area contributed by atoms with Gasteiger partial charge in [-0.25, -0.2) is 0 Å². The fraction of sp³-hybridized carbons (Fsp3) is 0.259. The van der Waals surface area contributed by atoms with Crippen molar-refractivity contribution in [3.8, 4) is 0 Å². The van der Waals surface area contributed by atoms with E-state index in [1.807, 2.05) is 68.2 Å². The topological polar surface area (TPSA) is 77.9 Å². The fourth-order valence-corrected chi connectivity index (χ4v) is 4.02. The molecule has 0 atom stereocenters. The Morgan fingerprint density at radius 2 is 1.52 bits per heavy atom. The summed E-state index contributed by atoms with van der Waals surface area (Å²) in [4.78, 5) is 12.8. The van der Waals surface area contributed by atoms with Crippen LogP contribution in [-0.2, 0) is 26.2 Å². The molecule has 0 aliphatic carbocycles. The van der Waals surface area contributed by atoms with Crippen LogP contribution >= 0.6 is 0 Å². The highest BCUT2D eigenvalue weighted by Crippen LogP contribution is 2.18. The molecule has 2 aromatic carbocycles. The van der Waals surface area contributed by atoms with Gasteiger partial charge in [-0.3, -0.25) is 9.48 Å². The normalized spacial score (nSPS) is 11.0. The Morgan fingerprint density at radius 1 is 0.909 bits per heavy atom. The second-order valence-electron chi connectivity index (χ2n) is 8.61. The van der Waals surface area contributed by atoms with E-state index < -0.39 is 0 Å². The van der Waals surface area contributed by atoms with Gasteiger partial charge in [0.05, 0.1) is 18.3 Å². The predicted octanol–water partition coefficient (Wildman–Crippen LogP) is 4.10. The number of rotatable bonds is 8.